The molecule has 0 radical (unpaired) electrons. The van der Waals surface area contributed by atoms with Gasteiger partial charge in [-0.1, -0.05) is 65.5 Å². The number of carbonyl (C=O) groups excluding carboxylic acids is 1. The smallest absolute Gasteiger partial charge is 0.307 e. The fourth-order valence-electron chi connectivity index (χ4n) is 9.37. The van der Waals surface area contributed by atoms with Crippen molar-refractivity contribution in [3.63, 3.8) is 0 Å². The fourth-order valence-corrected chi connectivity index (χ4v) is 10.6. The summed E-state index contributed by atoms with van der Waals surface area (Å²) >= 11 is 0. The highest BCUT2D eigenvalue weighted by molar-refractivity contribution is 7.71. The molecule has 0 aliphatic heterocycles. The van der Waals surface area contributed by atoms with E-state index in [0.29, 0.717) is 5.41 Å². The molecule has 4 aliphatic carbocycles. The van der Waals surface area contributed by atoms with Crippen LogP contribution in [0.3, 0.4) is 0 Å². The van der Waals surface area contributed by atoms with Gasteiger partial charge in [-0.2, -0.15) is 0 Å². The number of allylic oxidation sites excluding steroid dienone is 2. The maximum Gasteiger partial charge on any atom is 0.396 e. The third kappa shape index (κ3) is 4.79. The summed E-state index contributed by atoms with van der Waals surface area (Å²) in [5.74, 6) is 4.64. The van der Waals surface area contributed by atoms with Crippen LogP contribution >= 0.6 is 7.60 Å². The first-order valence-corrected chi connectivity index (χ1v) is 16.0. The Labute approximate surface area is 214 Å². The molecule has 0 aromatic rings. The number of hydrogen-bond acceptors (Lipinski definition) is 4. The molecule has 4 unspecified atom stereocenters. The third-order valence-electron chi connectivity index (χ3n) is 11.4. The van der Waals surface area contributed by atoms with E-state index in [1.165, 1.54) is 64.7 Å². The Morgan fingerprint density at radius 1 is 1.03 bits per heavy atom. The molecule has 0 aromatic carbocycles. The van der Waals surface area contributed by atoms with Gasteiger partial charge in [0.2, 0.25) is 5.52 Å². The highest BCUT2D eigenvalue weighted by Gasteiger charge is 2.59. The van der Waals surface area contributed by atoms with Gasteiger partial charge in [0.1, 0.15) is 0 Å². The van der Waals surface area contributed by atoms with Gasteiger partial charge in [0.05, 0.1) is 0 Å². The van der Waals surface area contributed by atoms with Crippen molar-refractivity contribution in [3.8, 4) is 0 Å². The molecule has 0 N–H and O–H groups in total. The van der Waals surface area contributed by atoms with Crippen molar-refractivity contribution >= 4 is 13.1 Å². The zero-order valence-electron chi connectivity index (χ0n) is 23.5. The quantitative estimate of drug-likeness (QED) is 0.232. The minimum atomic E-state index is -3.66. The number of hydrogen-bond donors (Lipinski definition) is 0. The van der Waals surface area contributed by atoms with Crippen LogP contribution in [0.4, 0.5) is 0 Å². The molecule has 35 heavy (non-hydrogen) atoms. The second-order valence-electron chi connectivity index (χ2n) is 13.4. The van der Waals surface area contributed by atoms with Crippen LogP contribution in [0.5, 0.6) is 0 Å². The monoisotopic (exact) mass is 506 g/mol. The third-order valence-corrected chi connectivity index (χ3v) is 13.3. The van der Waals surface area contributed by atoms with E-state index in [4.69, 9.17) is 9.05 Å². The largest absolute Gasteiger partial charge is 0.396 e. The first-order valence-electron chi connectivity index (χ1n) is 14.5. The van der Waals surface area contributed by atoms with Crippen molar-refractivity contribution in [2.45, 2.75) is 105 Å². The standard InChI is InChI=1S/C30H51O4P/c1-20(2)9-8-10-21(3)25-13-14-26-24-12-11-23-19-22(28(31)35(32,33-6)34-7)15-17-29(23,4)27(24)16-18-30(25,26)5/h11,20-22,24-27H,8-10,12-19H2,1-7H3/t21-,22?,24?,25-,26?,27?,29+,30-/m1/s1. The van der Waals surface area contributed by atoms with E-state index in [0.717, 1.165) is 61.2 Å². The summed E-state index contributed by atoms with van der Waals surface area (Å²) in [6, 6.07) is 0. The van der Waals surface area contributed by atoms with Gasteiger partial charge in [0.25, 0.3) is 0 Å². The summed E-state index contributed by atoms with van der Waals surface area (Å²) < 4.78 is 22.8. The Balaban J connectivity index is 1.48. The van der Waals surface area contributed by atoms with Crippen molar-refractivity contribution in [2.75, 3.05) is 14.2 Å². The molecule has 200 valence electrons. The SMILES string of the molecule is COP(=O)(OC)C(=O)C1CC[C@@]2(C)C(=CCC3C2CC[C@@]2(C)C3CC[C@@H]2[C@H](C)CCCC(C)C)C1. The molecule has 8 atom stereocenters. The molecular formula is C30H51O4P. The summed E-state index contributed by atoms with van der Waals surface area (Å²) in [5.41, 5.74) is 1.80. The first kappa shape index (κ1) is 27.6. The summed E-state index contributed by atoms with van der Waals surface area (Å²) in [6.07, 6.45) is 15.9. The van der Waals surface area contributed by atoms with E-state index in [2.05, 4.69) is 40.7 Å². The van der Waals surface area contributed by atoms with Gasteiger partial charge >= 0.3 is 7.60 Å². The molecule has 5 heteroatoms. The molecule has 4 aliphatic rings. The normalized spacial score (nSPS) is 40.0. The van der Waals surface area contributed by atoms with Crippen LogP contribution in [0.25, 0.3) is 0 Å². The lowest BCUT2D eigenvalue weighted by Gasteiger charge is -2.58. The van der Waals surface area contributed by atoms with Crippen molar-refractivity contribution in [2.24, 2.45) is 52.3 Å². The van der Waals surface area contributed by atoms with Gasteiger partial charge in [0, 0.05) is 20.1 Å². The Morgan fingerprint density at radius 2 is 1.74 bits per heavy atom. The topological polar surface area (TPSA) is 52.6 Å². The van der Waals surface area contributed by atoms with Crippen LogP contribution in [0, 0.1) is 52.3 Å². The van der Waals surface area contributed by atoms with Crippen LogP contribution in [-0.4, -0.2) is 19.7 Å². The summed E-state index contributed by atoms with van der Waals surface area (Å²) in [5, 5.41) is 0. The molecule has 4 rings (SSSR count). The fraction of sp³-hybridized carbons (Fsp3) is 0.900. The van der Waals surface area contributed by atoms with E-state index >= 15 is 0 Å². The summed E-state index contributed by atoms with van der Waals surface area (Å²) in [6.45, 7) is 12.4. The highest BCUT2D eigenvalue weighted by Crippen LogP contribution is 2.68. The molecule has 3 saturated carbocycles. The van der Waals surface area contributed by atoms with Crippen molar-refractivity contribution < 1.29 is 18.4 Å². The molecule has 3 fully saturated rings. The van der Waals surface area contributed by atoms with Gasteiger partial charge in [-0.3, -0.25) is 9.36 Å². The van der Waals surface area contributed by atoms with Crippen LogP contribution in [-0.2, 0) is 18.4 Å². The van der Waals surface area contributed by atoms with Crippen molar-refractivity contribution in [1.82, 2.24) is 0 Å². The van der Waals surface area contributed by atoms with E-state index in [1.807, 2.05) is 0 Å². The van der Waals surface area contributed by atoms with Crippen molar-refractivity contribution in [3.05, 3.63) is 11.6 Å². The van der Waals surface area contributed by atoms with E-state index in [-0.39, 0.29) is 16.9 Å². The summed E-state index contributed by atoms with van der Waals surface area (Å²) in [4.78, 5) is 13.0. The number of carbonyl (C=O) groups is 1. The highest BCUT2D eigenvalue weighted by atomic mass is 31.2. The predicted molar refractivity (Wildman–Crippen MR) is 143 cm³/mol. The van der Waals surface area contributed by atoms with Crippen molar-refractivity contribution in [1.29, 1.82) is 0 Å². The van der Waals surface area contributed by atoms with Gasteiger partial charge in [-0.25, -0.2) is 0 Å². The lowest BCUT2D eigenvalue weighted by Crippen LogP contribution is -2.50. The van der Waals surface area contributed by atoms with Crippen LogP contribution in [0.15, 0.2) is 11.6 Å². The van der Waals surface area contributed by atoms with Gasteiger partial charge < -0.3 is 9.05 Å². The Hall–Kier alpha value is -0.440. The Kier molecular flexibility index (Phi) is 8.18. The van der Waals surface area contributed by atoms with Gasteiger partial charge in [-0.15, -0.1) is 0 Å². The first-order chi connectivity index (χ1) is 16.5. The Bertz CT molecular complexity index is 856. The molecule has 0 saturated heterocycles. The van der Waals surface area contributed by atoms with E-state index in [1.54, 1.807) is 0 Å². The van der Waals surface area contributed by atoms with E-state index in [9.17, 15) is 9.36 Å². The molecule has 0 amide bonds. The number of rotatable bonds is 9. The average molecular weight is 507 g/mol. The minimum absolute atomic E-state index is 0.187. The van der Waals surface area contributed by atoms with Crippen LogP contribution < -0.4 is 0 Å². The van der Waals surface area contributed by atoms with Crippen LogP contribution in [0.1, 0.15) is 105 Å². The molecule has 4 nitrogen and oxygen atoms in total. The van der Waals surface area contributed by atoms with E-state index < -0.39 is 7.60 Å². The molecule has 0 spiro atoms. The van der Waals surface area contributed by atoms with Gasteiger partial charge in [0.15, 0.2) is 0 Å². The average Bonchev–Trinajstić information content (AvgIpc) is 3.19. The molecule has 0 bridgehead atoms. The lowest BCUT2D eigenvalue weighted by molar-refractivity contribution is -0.119. The molecule has 0 heterocycles. The number of fused-ring (bicyclic) bond motifs is 5. The maximum absolute atomic E-state index is 13.0. The zero-order chi connectivity index (χ0) is 25.6. The second kappa shape index (κ2) is 10.4. The zero-order valence-corrected chi connectivity index (χ0v) is 24.4. The van der Waals surface area contributed by atoms with Crippen LogP contribution in [0.2, 0.25) is 0 Å². The minimum Gasteiger partial charge on any atom is -0.307 e. The van der Waals surface area contributed by atoms with Gasteiger partial charge in [-0.05, 0) is 97.7 Å². The Morgan fingerprint density at radius 3 is 2.40 bits per heavy atom. The summed E-state index contributed by atoms with van der Waals surface area (Å²) in [7, 11) is -1.02. The maximum atomic E-state index is 13.0. The lowest BCUT2D eigenvalue weighted by atomic mass is 9.46. The molecular weight excluding hydrogens is 455 g/mol. The second-order valence-corrected chi connectivity index (χ2v) is 15.6. The predicted octanol–water partition coefficient (Wildman–Crippen LogP) is 8.66. The molecule has 0 aromatic heterocycles.